The number of benzene rings is 1. The maximum absolute atomic E-state index is 12.4. The molecule has 1 aliphatic heterocycles. The molecule has 2 aliphatic rings. The number of anilines is 1. The van der Waals surface area contributed by atoms with Gasteiger partial charge < -0.3 is 15.4 Å². The summed E-state index contributed by atoms with van der Waals surface area (Å²) in [5.41, 5.74) is -0.570. The number of urea groups is 1. The van der Waals surface area contributed by atoms with Gasteiger partial charge in [0.1, 0.15) is 12.1 Å². The highest BCUT2D eigenvalue weighted by molar-refractivity contribution is 6.36. The SMILES string of the molecule is O=C(COC(=O)CN1C(=O)NC2(CCCC2)C1=O)Nc1ccc(Cl)cc1Cl. The van der Waals surface area contributed by atoms with Crippen molar-refractivity contribution in [1.82, 2.24) is 10.2 Å². The van der Waals surface area contributed by atoms with Crippen molar-refractivity contribution in [2.75, 3.05) is 18.5 Å². The van der Waals surface area contributed by atoms with E-state index in [9.17, 15) is 19.2 Å². The summed E-state index contributed by atoms with van der Waals surface area (Å²) >= 11 is 11.7. The van der Waals surface area contributed by atoms with Crippen LogP contribution in [0.25, 0.3) is 0 Å². The molecule has 1 aromatic carbocycles. The zero-order chi connectivity index (χ0) is 19.6. The summed E-state index contributed by atoms with van der Waals surface area (Å²) in [6.45, 7) is -1.12. The van der Waals surface area contributed by atoms with Crippen molar-refractivity contribution in [3.63, 3.8) is 0 Å². The number of ether oxygens (including phenoxy) is 1. The minimum absolute atomic E-state index is 0.239. The van der Waals surface area contributed by atoms with E-state index in [1.54, 1.807) is 6.07 Å². The molecule has 8 nitrogen and oxygen atoms in total. The lowest BCUT2D eigenvalue weighted by Crippen LogP contribution is -2.44. The molecule has 1 saturated heterocycles. The van der Waals surface area contributed by atoms with E-state index in [4.69, 9.17) is 27.9 Å². The number of nitrogens with one attached hydrogen (secondary N) is 2. The fourth-order valence-electron chi connectivity index (χ4n) is 3.24. The van der Waals surface area contributed by atoms with Gasteiger partial charge in [0.05, 0.1) is 10.7 Å². The van der Waals surface area contributed by atoms with Crippen LogP contribution in [-0.4, -0.2) is 47.4 Å². The van der Waals surface area contributed by atoms with E-state index in [0.29, 0.717) is 23.6 Å². The van der Waals surface area contributed by atoms with E-state index < -0.39 is 42.5 Å². The number of carbonyl (C=O) groups is 4. The number of esters is 1. The molecule has 0 aromatic heterocycles. The van der Waals surface area contributed by atoms with E-state index in [0.717, 1.165) is 17.7 Å². The topological polar surface area (TPSA) is 105 Å². The van der Waals surface area contributed by atoms with Crippen molar-refractivity contribution >= 4 is 52.7 Å². The molecule has 1 aromatic rings. The van der Waals surface area contributed by atoms with Gasteiger partial charge >= 0.3 is 12.0 Å². The fraction of sp³-hybridized carbons (Fsp3) is 0.412. The number of hydrogen-bond acceptors (Lipinski definition) is 5. The Bertz CT molecular complexity index is 808. The minimum atomic E-state index is -0.889. The molecule has 1 spiro atoms. The van der Waals surface area contributed by atoms with Crippen LogP contribution >= 0.6 is 23.2 Å². The van der Waals surface area contributed by atoms with Crippen LogP contribution in [0, 0.1) is 0 Å². The summed E-state index contributed by atoms with van der Waals surface area (Å²) in [6.07, 6.45) is 2.82. The molecular formula is C17H17Cl2N3O5. The van der Waals surface area contributed by atoms with Crippen molar-refractivity contribution in [3.8, 4) is 0 Å². The van der Waals surface area contributed by atoms with Gasteiger partial charge in [-0.25, -0.2) is 4.79 Å². The van der Waals surface area contributed by atoms with Crippen LogP contribution in [0.1, 0.15) is 25.7 Å². The molecule has 1 saturated carbocycles. The minimum Gasteiger partial charge on any atom is -0.454 e. The number of imide groups is 1. The third-order valence-electron chi connectivity index (χ3n) is 4.56. The quantitative estimate of drug-likeness (QED) is 0.569. The molecule has 27 heavy (non-hydrogen) atoms. The van der Waals surface area contributed by atoms with Gasteiger partial charge in [0.2, 0.25) is 0 Å². The van der Waals surface area contributed by atoms with Gasteiger partial charge in [0.15, 0.2) is 6.61 Å². The summed E-state index contributed by atoms with van der Waals surface area (Å²) in [7, 11) is 0. The molecule has 2 fully saturated rings. The molecule has 3 rings (SSSR count). The first kappa shape index (κ1) is 19.4. The maximum Gasteiger partial charge on any atom is 0.326 e. The van der Waals surface area contributed by atoms with Gasteiger partial charge in [-0.05, 0) is 31.0 Å². The number of rotatable bonds is 5. The third-order valence-corrected chi connectivity index (χ3v) is 5.11. The van der Waals surface area contributed by atoms with Crippen LogP contribution in [0.4, 0.5) is 10.5 Å². The molecule has 10 heteroatoms. The van der Waals surface area contributed by atoms with Crippen molar-refractivity contribution < 1.29 is 23.9 Å². The number of halogens is 2. The lowest BCUT2D eigenvalue weighted by molar-refractivity contribution is -0.150. The maximum atomic E-state index is 12.4. The standard InChI is InChI=1S/C17H17Cl2N3O5/c18-10-3-4-12(11(19)7-10)20-13(23)9-27-14(24)8-22-15(25)17(21-16(22)26)5-1-2-6-17/h3-4,7H,1-2,5-6,8-9H2,(H,20,23)(H,21,26). The van der Waals surface area contributed by atoms with Gasteiger partial charge in [-0.1, -0.05) is 36.0 Å². The molecule has 144 valence electrons. The third kappa shape index (κ3) is 4.17. The second kappa shape index (κ2) is 7.74. The first-order chi connectivity index (χ1) is 12.8. The molecule has 1 aliphatic carbocycles. The molecule has 0 unspecified atom stereocenters. The average molecular weight is 414 g/mol. The number of hydrogen-bond donors (Lipinski definition) is 2. The Kier molecular flexibility index (Phi) is 5.57. The first-order valence-electron chi connectivity index (χ1n) is 8.35. The van der Waals surface area contributed by atoms with Crippen LogP contribution in [0.15, 0.2) is 18.2 Å². The number of nitrogens with zero attached hydrogens (tertiary/aromatic N) is 1. The van der Waals surface area contributed by atoms with Crippen LogP contribution in [0.5, 0.6) is 0 Å². The molecule has 1 heterocycles. The average Bonchev–Trinajstić information content (AvgIpc) is 3.17. The van der Waals surface area contributed by atoms with Crippen LogP contribution < -0.4 is 10.6 Å². The normalized spacial score (nSPS) is 17.9. The van der Waals surface area contributed by atoms with E-state index in [1.165, 1.54) is 12.1 Å². The molecule has 0 radical (unpaired) electrons. The highest BCUT2D eigenvalue weighted by Crippen LogP contribution is 2.34. The van der Waals surface area contributed by atoms with Crippen molar-refractivity contribution in [2.45, 2.75) is 31.2 Å². The van der Waals surface area contributed by atoms with Crippen LogP contribution in [-0.2, 0) is 19.1 Å². The fourth-order valence-corrected chi connectivity index (χ4v) is 3.69. The molecule has 4 amide bonds. The Balaban J connectivity index is 1.50. The van der Waals surface area contributed by atoms with Gasteiger partial charge in [0, 0.05) is 5.02 Å². The summed E-state index contributed by atoms with van der Waals surface area (Å²) in [5.74, 6) is -1.89. The van der Waals surface area contributed by atoms with Gasteiger partial charge in [-0.3, -0.25) is 19.3 Å². The van der Waals surface area contributed by atoms with E-state index in [2.05, 4.69) is 10.6 Å². The van der Waals surface area contributed by atoms with Gasteiger partial charge in [0.25, 0.3) is 11.8 Å². The Morgan fingerprint density at radius 2 is 1.93 bits per heavy atom. The second-order valence-corrected chi connectivity index (χ2v) is 7.29. The smallest absolute Gasteiger partial charge is 0.326 e. The summed E-state index contributed by atoms with van der Waals surface area (Å²) < 4.78 is 4.86. The van der Waals surface area contributed by atoms with Crippen molar-refractivity contribution in [3.05, 3.63) is 28.2 Å². The zero-order valence-electron chi connectivity index (χ0n) is 14.2. The second-order valence-electron chi connectivity index (χ2n) is 6.44. The zero-order valence-corrected chi connectivity index (χ0v) is 15.7. The lowest BCUT2D eigenvalue weighted by Gasteiger charge is -2.19. The van der Waals surface area contributed by atoms with Crippen molar-refractivity contribution in [2.24, 2.45) is 0 Å². The largest absolute Gasteiger partial charge is 0.454 e. The number of amides is 4. The Labute approximate surface area is 165 Å². The van der Waals surface area contributed by atoms with Gasteiger partial charge in [-0.2, -0.15) is 0 Å². The van der Waals surface area contributed by atoms with Crippen LogP contribution in [0.2, 0.25) is 10.0 Å². The highest BCUT2D eigenvalue weighted by Gasteiger charge is 2.52. The summed E-state index contributed by atoms with van der Waals surface area (Å²) in [4.78, 5) is 49.1. The molecule has 0 bridgehead atoms. The molecule has 2 N–H and O–H groups in total. The summed E-state index contributed by atoms with van der Waals surface area (Å²) in [6, 6.07) is 3.90. The predicted molar refractivity (Wildman–Crippen MR) is 97.5 cm³/mol. The van der Waals surface area contributed by atoms with Crippen LogP contribution in [0.3, 0.4) is 0 Å². The van der Waals surface area contributed by atoms with E-state index in [-0.39, 0.29) is 5.02 Å². The number of carbonyl (C=O) groups excluding carboxylic acids is 4. The Morgan fingerprint density at radius 1 is 1.22 bits per heavy atom. The van der Waals surface area contributed by atoms with E-state index in [1.807, 2.05) is 0 Å². The Morgan fingerprint density at radius 3 is 2.59 bits per heavy atom. The van der Waals surface area contributed by atoms with E-state index >= 15 is 0 Å². The predicted octanol–water partition coefficient (Wildman–Crippen LogP) is 2.34. The molecule has 0 atom stereocenters. The Hall–Kier alpha value is -2.32. The monoisotopic (exact) mass is 413 g/mol. The first-order valence-corrected chi connectivity index (χ1v) is 9.11. The van der Waals surface area contributed by atoms with Crippen molar-refractivity contribution in [1.29, 1.82) is 0 Å². The highest BCUT2D eigenvalue weighted by atomic mass is 35.5. The summed E-state index contributed by atoms with van der Waals surface area (Å²) in [5, 5.41) is 5.80. The lowest BCUT2D eigenvalue weighted by atomic mass is 9.98. The van der Waals surface area contributed by atoms with Gasteiger partial charge in [-0.15, -0.1) is 0 Å². The molecular weight excluding hydrogens is 397 g/mol.